The van der Waals surface area contributed by atoms with E-state index in [4.69, 9.17) is 19.8 Å². The molecule has 0 aromatic heterocycles. The Hall–Kier alpha value is 0.330. The number of nitrogens with two attached hydrogens (primary N) is 1. The van der Waals surface area contributed by atoms with Crippen molar-refractivity contribution in [2.45, 2.75) is 127 Å². The second-order valence-corrected chi connectivity index (χ2v) is 10.5. The largest absolute Gasteiger partial charge is 1.00 e. The Kier molecular flexibility index (Phi) is 21.3. The van der Waals surface area contributed by atoms with Gasteiger partial charge in [0.1, 0.15) is 24.6 Å². The van der Waals surface area contributed by atoms with E-state index in [9.17, 15) is 28.8 Å². The first-order valence-corrected chi connectivity index (χ1v) is 14.4. The molecule has 6 N–H and O–H groups in total. The van der Waals surface area contributed by atoms with Gasteiger partial charge in [-0.2, -0.15) is 8.42 Å². The Morgan fingerprint density at radius 1 is 1.05 bits per heavy atom. The molecular formula is C24H46NNaO10S. The molecule has 0 spiro atoms. The van der Waals surface area contributed by atoms with Crippen molar-refractivity contribution >= 4 is 10.4 Å². The molecule has 0 aromatic rings. The van der Waals surface area contributed by atoms with Gasteiger partial charge in [0, 0.05) is 0 Å². The standard InChI is InChI=1S/C24H46NO10S.Na/c1-2-3-4-5-6-7-8-9-10-11-12-13-14-15-19(27)18(25)17-33-24-22(29)23(35-36(30,31)32)21(28)20(16-26)34-24;/h14-15,18-24,26-28H,2-13,16-17,25H2,1H3,(H,30,31,32);/q-1;+1. The van der Waals surface area contributed by atoms with Crippen LogP contribution in [0.25, 0.3) is 0 Å². The van der Waals surface area contributed by atoms with Gasteiger partial charge >= 0.3 is 40.0 Å². The molecule has 0 bridgehead atoms. The molecule has 7 atom stereocenters. The van der Waals surface area contributed by atoms with Crippen molar-refractivity contribution in [1.29, 1.82) is 0 Å². The first kappa shape index (κ1) is 37.3. The van der Waals surface area contributed by atoms with E-state index < -0.39 is 59.9 Å². The normalized spacial score (nSPS) is 26.2. The van der Waals surface area contributed by atoms with Crippen LogP contribution in [0.4, 0.5) is 0 Å². The van der Waals surface area contributed by atoms with Crippen LogP contribution in [-0.2, 0) is 24.1 Å². The number of aliphatic hydroxyl groups excluding tert-OH is 3. The van der Waals surface area contributed by atoms with Gasteiger partial charge in [-0.1, -0.05) is 83.3 Å². The van der Waals surface area contributed by atoms with E-state index in [1.165, 1.54) is 57.8 Å². The van der Waals surface area contributed by atoms with Crippen molar-refractivity contribution in [3.63, 3.8) is 0 Å². The first-order valence-electron chi connectivity index (χ1n) is 13.1. The molecule has 1 saturated heterocycles. The summed E-state index contributed by atoms with van der Waals surface area (Å²) in [5, 5.41) is 41.9. The summed E-state index contributed by atoms with van der Waals surface area (Å²) in [6.45, 7) is 1.15. The molecule has 13 heteroatoms. The summed E-state index contributed by atoms with van der Waals surface area (Å²) in [6, 6.07) is -0.908. The minimum Gasteiger partial charge on any atom is -0.846 e. The molecule has 7 unspecified atom stereocenters. The third kappa shape index (κ3) is 16.3. The topological polar surface area (TPSA) is 192 Å². The van der Waals surface area contributed by atoms with Gasteiger partial charge in [-0.25, -0.2) is 4.18 Å². The SMILES string of the molecule is CCCCCCCCCCCCCC=CC(O)C(N)COC1OC(CO)C(O)C(OS(=O)(=O)O)C1[O-].[Na+]. The smallest absolute Gasteiger partial charge is 0.846 e. The van der Waals surface area contributed by atoms with Crippen LogP contribution in [0.2, 0.25) is 0 Å². The van der Waals surface area contributed by atoms with Gasteiger partial charge in [-0.15, -0.1) is 0 Å². The Labute approximate surface area is 244 Å². The van der Waals surface area contributed by atoms with Crippen molar-refractivity contribution in [1.82, 2.24) is 0 Å². The Balaban J connectivity index is 0.0000130. The van der Waals surface area contributed by atoms with Crippen LogP contribution in [0.15, 0.2) is 12.2 Å². The zero-order valence-electron chi connectivity index (χ0n) is 22.3. The summed E-state index contributed by atoms with van der Waals surface area (Å²) >= 11 is 0. The fourth-order valence-corrected chi connectivity index (χ4v) is 4.54. The molecule has 1 rings (SSSR count). The van der Waals surface area contributed by atoms with E-state index in [1.807, 2.05) is 6.08 Å². The maximum absolute atomic E-state index is 12.4. The number of allylic oxidation sites excluding steroid dienone is 1. The zero-order chi connectivity index (χ0) is 27.0. The van der Waals surface area contributed by atoms with Gasteiger partial charge in [-0.3, -0.25) is 4.55 Å². The van der Waals surface area contributed by atoms with Gasteiger partial charge in [0.25, 0.3) is 0 Å². The fourth-order valence-electron chi connectivity index (χ4n) is 4.04. The molecular weight excluding hydrogens is 517 g/mol. The van der Waals surface area contributed by atoms with Gasteiger partial charge in [0.2, 0.25) is 0 Å². The van der Waals surface area contributed by atoms with Crippen LogP contribution in [-0.4, -0.2) is 84.4 Å². The second kappa shape index (κ2) is 21.1. The van der Waals surface area contributed by atoms with Crippen LogP contribution in [0.3, 0.4) is 0 Å². The third-order valence-electron chi connectivity index (χ3n) is 6.23. The van der Waals surface area contributed by atoms with E-state index in [0.717, 1.165) is 19.3 Å². The molecule has 0 amide bonds. The zero-order valence-corrected chi connectivity index (χ0v) is 25.1. The number of aliphatic hydroxyl groups is 3. The van der Waals surface area contributed by atoms with Crippen molar-refractivity contribution in [2.75, 3.05) is 13.2 Å². The van der Waals surface area contributed by atoms with Gasteiger partial charge in [0.15, 0.2) is 0 Å². The van der Waals surface area contributed by atoms with Crippen LogP contribution in [0.1, 0.15) is 84.0 Å². The molecule has 0 aromatic carbocycles. The number of rotatable bonds is 20. The third-order valence-corrected chi connectivity index (χ3v) is 6.70. The molecule has 0 saturated carbocycles. The number of hydrogen-bond acceptors (Lipinski definition) is 10. The average Bonchev–Trinajstić information content (AvgIpc) is 2.83. The first-order chi connectivity index (χ1) is 17.1. The summed E-state index contributed by atoms with van der Waals surface area (Å²) in [4.78, 5) is 0. The van der Waals surface area contributed by atoms with Crippen molar-refractivity contribution < 1.29 is 76.6 Å². The maximum atomic E-state index is 12.4. The molecule has 11 nitrogen and oxygen atoms in total. The summed E-state index contributed by atoms with van der Waals surface area (Å²) in [7, 11) is -5.04. The summed E-state index contributed by atoms with van der Waals surface area (Å²) < 4.78 is 45.6. The minimum atomic E-state index is -5.04. The Morgan fingerprint density at radius 2 is 1.59 bits per heavy atom. The van der Waals surface area contributed by atoms with E-state index in [0.29, 0.717) is 0 Å². The maximum Gasteiger partial charge on any atom is 1.00 e. The molecule has 0 radical (unpaired) electrons. The molecule has 37 heavy (non-hydrogen) atoms. The quantitative estimate of drug-likeness (QED) is 0.0474. The van der Waals surface area contributed by atoms with Crippen LogP contribution < -0.4 is 40.4 Å². The summed E-state index contributed by atoms with van der Waals surface area (Å²) in [5.74, 6) is 0. The number of hydrogen-bond donors (Lipinski definition) is 5. The molecule has 1 aliphatic rings. The van der Waals surface area contributed by atoms with Gasteiger partial charge < -0.3 is 35.6 Å². The fraction of sp³-hybridized carbons (Fsp3) is 0.917. The summed E-state index contributed by atoms with van der Waals surface area (Å²) in [5.41, 5.74) is 5.91. The van der Waals surface area contributed by atoms with Crippen LogP contribution in [0, 0.1) is 0 Å². The van der Waals surface area contributed by atoms with E-state index in [2.05, 4.69) is 11.1 Å². The predicted octanol–water partition coefficient (Wildman–Crippen LogP) is -2.05. The van der Waals surface area contributed by atoms with Gasteiger partial charge in [-0.05, 0) is 18.9 Å². The van der Waals surface area contributed by atoms with Crippen LogP contribution in [0.5, 0.6) is 0 Å². The molecule has 1 fully saturated rings. The van der Waals surface area contributed by atoms with Crippen molar-refractivity contribution in [3.05, 3.63) is 12.2 Å². The molecule has 1 heterocycles. The minimum absolute atomic E-state index is 0. The molecule has 214 valence electrons. The summed E-state index contributed by atoms with van der Waals surface area (Å²) in [6.07, 6.45) is 8.15. The Bertz CT molecular complexity index is 699. The van der Waals surface area contributed by atoms with Gasteiger partial charge in [0.05, 0.1) is 25.4 Å². The second-order valence-electron chi connectivity index (χ2n) is 9.41. The van der Waals surface area contributed by atoms with Crippen LogP contribution >= 0.6 is 0 Å². The molecule has 0 aliphatic carbocycles. The predicted molar refractivity (Wildman–Crippen MR) is 132 cm³/mol. The monoisotopic (exact) mass is 563 g/mol. The number of unbranched alkanes of at least 4 members (excludes halogenated alkanes) is 11. The van der Waals surface area contributed by atoms with E-state index in [1.54, 1.807) is 6.08 Å². The molecule has 1 aliphatic heterocycles. The van der Waals surface area contributed by atoms with E-state index >= 15 is 0 Å². The van der Waals surface area contributed by atoms with Crippen molar-refractivity contribution in [3.8, 4) is 0 Å². The van der Waals surface area contributed by atoms with E-state index in [-0.39, 0.29) is 36.2 Å². The average molecular weight is 564 g/mol. The van der Waals surface area contributed by atoms with Crippen molar-refractivity contribution in [2.24, 2.45) is 5.73 Å². The number of ether oxygens (including phenoxy) is 2. The Morgan fingerprint density at radius 3 is 2.11 bits per heavy atom.